The van der Waals surface area contributed by atoms with Crippen molar-refractivity contribution in [3.63, 3.8) is 0 Å². The highest BCUT2D eigenvalue weighted by Crippen LogP contribution is 2.27. The van der Waals surface area contributed by atoms with Crippen molar-refractivity contribution in [1.82, 2.24) is 10.2 Å². The summed E-state index contributed by atoms with van der Waals surface area (Å²) in [6, 6.07) is 4.19. The average molecular weight is 230 g/mol. The van der Waals surface area contributed by atoms with Gasteiger partial charge in [-0.3, -0.25) is 0 Å². The van der Waals surface area contributed by atoms with Gasteiger partial charge in [0, 0.05) is 10.6 Å². The van der Waals surface area contributed by atoms with Gasteiger partial charge in [0.15, 0.2) is 0 Å². The second-order valence-corrected chi connectivity index (χ2v) is 4.05. The van der Waals surface area contributed by atoms with Gasteiger partial charge < -0.3 is 5.73 Å². The van der Waals surface area contributed by atoms with Crippen molar-refractivity contribution in [3.8, 4) is 10.6 Å². The van der Waals surface area contributed by atoms with E-state index in [9.17, 15) is 4.39 Å². The van der Waals surface area contributed by atoms with E-state index in [4.69, 9.17) is 17.3 Å². The lowest BCUT2D eigenvalue weighted by molar-refractivity contribution is 0.628. The third kappa shape index (κ3) is 1.83. The predicted molar refractivity (Wildman–Crippen MR) is 54.7 cm³/mol. The maximum absolute atomic E-state index is 13.0. The Morgan fingerprint density at radius 2 is 2.07 bits per heavy atom. The van der Waals surface area contributed by atoms with Gasteiger partial charge in [-0.15, -0.1) is 10.2 Å². The Balaban J connectivity index is 2.51. The lowest BCUT2D eigenvalue weighted by Crippen LogP contribution is -1.81. The van der Waals surface area contributed by atoms with Gasteiger partial charge in [0.2, 0.25) is 5.13 Å². The van der Waals surface area contributed by atoms with Crippen LogP contribution in [0, 0.1) is 5.82 Å². The Kier molecular flexibility index (Phi) is 2.35. The fourth-order valence-electron chi connectivity index (χ4n) is 1.03. The van der Waals surface area contributed by atoms with Crippen LogP contribution < -0.4 is 5.73 Å². The van der Waals surface area contributed by atoms with Crippen LogP contribution in [0.15, 0.2) is 18.2 Å². The van der Waals surface area contributed by atoms with E-state index in [1.165, 1.54) is 23.5 Å². The van der Waals surface area contributed by atoms with E-state index in [0.717, 1.165) is 0 Å². The van der Waals surface area contributed by atoms with Gasteiger partial charge in [-0.2, -0.15) is 0 Å². The highest BCUT2D eigenvalue weighted by molar-refractivity contribution is 7.18. The average Bonchev–Trinajstić information content (AvgIpc) is 2.50. The highest BCUT2D eigenvalue weighted by atomic mass is 35.5. The van der Waals surface area contributed by atoms with Crippen LogP contribution in [0.4, 0.5) is 9.52 Å². The van der Waals surface area contributed by atoms with Gasteiger partial charge in [-0.1, -0.05) is 22.9 Å². The molecule has 0 atom stereocenters. The molecular formula is C8H5ClFN3S. The Bertz CT molecular complexity index is 451. The number of hydrogen-bond acceptors (Lipinski definition) is 4. The fraction of sp³-hybridized carbons (Fsp3) is 0. The summed E-state index contributed by atoms with van der Waals surface area (Å²) in [5.74, 6) is -0.402. The van der Waals surface area contributed by atoms with Crippen LogP contribution in [-0.4, -0.2) is 10.2 Å². The number of anilines is 1. The van der Waals surface area contributed by atoms with E-state index < -0.39 is 5.82 Å². The van der Waals surface area contributed by atoms with Crippen molar-refractivity contribution in [1.29, 1.82) is 0 Å². The molecule has 6 heteroatoms. The lowest BCUT2D eigenvalue weighted by atomic mass is 10.2. The fourth-order valence-corrected chi connectivity index (χ4v) is 1.85. The third-order valence-corrected chi connectivity index (χ3v) is 2.57. The second kappa shape index (κ2) is 3.51. The molecule has 0 unspecified atom stereocenters. The number of benzene rings is 1. The zero-order chi connectivity index (χ0) is 10.1. The molecule has 1 aromatic heterocycles. The molecule has 0 aliphatic carbocycles. The molecule has 0 saturated heterocycles. The molecule has 2 N–H and O–H groups in total. The minimum Gasteiger partial charge on any atom is -0.374 e. The van der Waals surface area contributed by atoms with Gasteiger partial charge in [0.25, 0.3) is 0 Å². The molecule has 72 valence electrons. The molecule has 0 spiro atoms. The number of nitrogens with zero attached hydrogens (tertiary/aromatic N) is 2. The summed E-state index contributed by atoms with van der Waals surface area (Å²) in [6.07, 6.45) is 0. The van der Waals surface area contributed by atoms with Gasteiger partial charge in [-0.05, 0) is 18.2 Å². The molecule has 0 aliphatic heterocycles. The normalized spacial score (nSPS) is 10.4. The summed E-state index contributed by atoms with van der Waals surface area (Å²) in [5.41, 5.74) is 6.00. The first-order valence-electron chi connectivity index (χ1n) is 3.70. The van der Waals surface area contributed by atoms with Crippen LogP contribution in [0.25, 0.3) is 10.6 Å². The van der Waals surface area contributed by atoms with Gasteiger partial charge in [0.1, 0.15) is 10.8 Å². The maximum atomic E-state index is 13.0. The number of nitrogen functional groups attached to an aromatic ring is 1. The number of rotatable bonds is 1. The Morgan fingerprint density at radius 1 is 1.29 bits per heavy atom. The largest absolute Gasteiger partial charge is 0.374 e. The smallest absolute Gasteiger partial charge is 0.203 e. The van der Waals surface area contributed by atoms with Crippen LogP contribution in [0.2, 0.25) is 5.02 Å². The van der Waals surface area contributed by atoms with E-state index in [1.54, 1.807) is 6.07 Å². The first kappa shape index (κ1) is 9.36. The molecule has 0 fully saturated rings. The summed E-state index contributed by atoms with van der Waals surface area (Å²) in [5, 5.41) is 8.65. The van der Waals surface area contributed by atoms with Crippen molar-refractivity contribution in [3.05, 3.63) is 29.0 Å². The van der Waals surface area contributed by atoms with Crippen LogP contribution in [0.1, 0.15) is 0 Å². The van der Waals surface area contributed by atoms with Gasteiger partial charge in [0.05, 0.1) is 0 Å². The number of halogens is 2. The second-order valence-electron chi connectivity index (χ2n) is 2.60. The topological polar surface area (TPSA) is 51.8 Å². The van der Waals surface area contributed by atoms with Crippen LogP contribution in [0.5, 0.6) is 0 Å². The number of hydrogen-bond donors (Lipinski definition) is 1. The molecule has 14 heavy (non-hydrogen) atoms. The Labute approximate surface area is 88.3 Å². The molecule has 2 aromatic rings. The minimum absolute atomic E-state index is 0.328. The molecule has 1 heterocycles. The SMILES string of the molecule is Nc1nnc(-c2cc(F)cc(Cl)c2)s1. The molecule has 1 aromatic carbocycles. The molecule has 0 aliphatic rings. The first-order valence-corrected chi connectivity index (χ1v) is 4.90. The van der Waals surface area contributed by atoms with Crippen LogP contribution >= 0.6 is 22.9 Å². The van der Waals surface area contributed by atoms with E-state index in [1.807, 2.05) is 0 Å². The zero-order valence-corrected chi connectivity index (χ0v) is 8.44. The Hall–Kier alpha value is -1.20. The zero-order valence-electron chi connectivity index (χ0n) is 6.87. The van der Waals surface area contributed by atoms with Gasteiger partial charge >= 0.3 is 0 Å². The van der Waals surface area contributed by atoms with Crippen LogP contribution in [-0.2, 0) is 0 Å². The highest BCUT2D eigenvalue weighted by Gasteiger charge is 2.06. The lowest BCUT2D eigenvalue weighted by Gasteiger charge is -1.96. The summed E-state index contributed by atoms with van der Waals surface area (Å²) >= 11 is 6.88. The van der Waals surface area contributed by atoms with Crippen molar-refractivity contribution < 1.29 is 4.39 Å². The molecular weight excluding hydrogens is 225 g/mol. The van der Waals surface area contributed by atoms with E-state index in [2.05, 4.69) is 10.2 Å². The quantitative estimate of drug-likeness (QED) is 0.818. The molecule has 0 radical (unpaired) electrons. The first-order chi connectivity index (χ1) is 6.65. The summed E-state index contributed by atoms with van der Waals surface area (Å²) in [4.78, 5) is 0. The number of nitrogens with two attached hydrogens (primary N) is 1. The predicted octanol–water partition coefficient (Wildman–Crippen LogP) is 2.58. The van der Waals surface area contributed by atoms with Gasteiger partial charge in [-0.25, -0.2) is 4.39 Å². The van der Waals surface area contributed by atoms with E-state index >= 15 is 0 Å². The molecule has 0 bridgehead atoms. The maximum Gasteiger partial charge on any atom is 0.203 e. The van der Waals surface area contributed by atoms with Crippen molar-refractivity contribution in [2.45, 2.75) is 0 Å². The van der Waals surface area contributed by atoms with E-state index in [-0.39, 0.29) is 0 Å². The third-order valence-electron chi connectivity index (χ3n) is 1.55. The van der Waals surface area contributed by atoms with Crippen molar-refractivity contribution in [2.75, 3.05) is 5.73 Å². The molecule has 3 nitrogen and oxygen atoms in total. The summed E-state index contributed by atoms with van der Waals surface area (Å²) in [6.45, 7) is 0. The molecule has 0 amide bonds. The van der Waals surface area contributed by atoms with E-state index in [0.29, 0.717) is 20.7 Å². The Morgan fingerprint density at radius 3 is 2.64 bits per heavy atom. The summed E-state index contributed by atoms with van der Waals surface area (Å²) in [7, 11) is 0. The minimum atomic E-state index is -0.402. The van der Waals surface area contributed by atoms with Crippen molar-refractivity contribution in [2.24, 2.45) is 0 Å². The molecule has 2 rings (SSSR count). The molecule has 0 saturated carbocycles. The summed E-state index contributed by atoms with van der Waals surface area (Å²) < 4.78 is 13.0. The standard InChI is InChI=1S/C8H5ClFN3S/c9-5-1-4(2-6(10)3-5)7-12-13-8(11)14-7/h1-3H,(H2,11,13). The monoisotopic (exact) mass is 229 g/mol. The van der Waals surface area contributed by atoms with Crippen molar-refractivity contribution >= 4 is 28.1 Å². The number of aromatic nitrogens is 2. The van der Waals surface area contributed by atoms with Crippen LogP contribution in [0.3, 0.4) is 0 Å².